The van der Waals surface area contributed by atoms with E-state index in [-0.39, 0.29) is 51.0 Å². The molecule has 0 radical (unpaired) electrons. The number of nitrogens with zero attached hydrogens (tertiary/aromatic N) is 4. The number of nitrogens with two attached hydrogens (primary N) is 4. The summed E-state index contributed by atoms with van der Waals surface area (Å²) in [5.74, 6) is -49.2. The van der Waals surface area contributed by atoms with Gasteiger partial charge in [0.1, 0.15) is 48.4 Å². The van der Waals surface area contributed by atoms with Crippen LogP contribution in [0.25, 0.3) is 0 Å². The van der Waals surface area contributed by atoms with Crippen molar-refractivity contribution in [2.45, 2.75) is 259 Å². The van der Waals surface area contributed by atoms with Crippen molar-refractivity contribution in [1.29, 1.82) is 0 Å². The zero-order chi connectivity index (χ0) is 159. The molecular weight excluding hydrogens is 1520 g/mol. The van der Waals surface area contributed by atoms with Crippen LogP contribution < -0.4 is 60.8 Å². The lowest BCUT2D eigenvalue weighted by atomic mass is 9.79. The summed E-state index contributed by atoms with van der Waals surface area (Å²) in [6, 6.07) is -16.3. The molecule has 16 unspecified atom stereocenters. The third-order valence-corrected chi connectivity index (χ3v) is 19.3. The van der Waals surface area contributed by atoms with Crippen LogP contribution in [0.4, 0.5) is 0 Å². The molecule has 0 spiro atoms. The van der Waals surface area contributed by atoms with Gasteiger partial charge in [-0.1, -0.05) is 110 Å². The van der Waals surface area contributed by atoms with Crippen LogP contribution in [0, 0.1) is 70.8 Å². The summed E-state index contributed by atoms with van der Waals surface area (Å²) in [7, 11) is 0.813. The van der Waals surface area contributed by atoms with E-state index >= 15 is 0 Å². The molecule has 4 saturated heterocycles. The number of aryl methyl sites for hydroxylation is 4. The van der Waals surface area contributed by atoms with E-state index in [0.717, 1.165) is 61.6 Å². The number of esters is 4. The molecule has 24 heteroatoms. The predicted octanol–water partition coefficient (Wildman–Crippen LogP) is 14.3. The second-order valence-corrected chi connectivity index (χ2v) is 27.3. The monoisotopic (exact) mass is 1760 g/mol. The average Bonchev–Trinajstić information content (AvgIpc) is 0.681. The summed E-state index contributed by atoms with van der Waals surface area (Å²) in [5, 5.41) is 0. The predicted molar refractivity (Wildman–Crippen MR) is 471 cm³/mol. The molecule has 8 aliphatic heterocycles. The number of ether oxygens (including phenoxy) is 12. The van der Waals surface area contributed by atoms with Gasteiger partial charge in [0.25, 0.3) is 0 Å². The largest absolute Gasteiger partial charge is 0.493 e. The van der Waals surface area contributed by atoms with E-state index in [1.807, 2.05) is 0 Å². The first-order chi connectivity index (χ1) is 88.5. The van der Waals surface area contributed by atoms with E-state index in [2.05, 4.69) is 0 Å². The lowest BCUT2D eigenvalue weighted by Gasteiger charge is -2.47. The van der Waals surface area contributed by atoms with E-state index in [1.165, 1.54) is 34.5 Å². The molecule has 12 rings (SSSR count). The highest BCUT2D eigenvalue weighted by atomic mass is 16.6. The Morgan fingerprint density at radius 3 is 0.925 bits per heavy atom. The Kier molecular flexibility index (Phi) is 12.6. The van der Waals surface area contributed by atoms with Crippen LogP contribution in [0.5, 0.6) is 46.0 Å². The minimum atomic E-state index is -4.14. The van der Waals surface area contributed by atoms with E-state index in [9.17, 15) is 24.7 Å². The molecule has 8 heterocycles. The number of hydrogen-bond donors (Lipinski definition) is 4. The number of benzene rings is 4. The summed E-state index contributed by atoms with van der Waals surface area (Å²) in [5.41, 5.74) is 19.7. The quantitative estimate of drug-likeness (QED) is 0.0303. The van der Waals surface area contributed by atoms with Crippen LogP contribution in [-0.4, -0.2) is 201 Å². The maximum Gasteiger partial charge on any atom is 0.323 e. The SMILES string of the molecule is [2H]C([2H])([2H])Oc1cc2c(cc1OC)C1([2H])CC(OC(=O)[C@@]([2H])(N)C([2H])(C([2H])([2H])[2H])C([2H])([2H])[2H])C(C([2H])([2H])C([2H])(C)C([2H])([2H])[2H])CN1C([2H])([2H])C2([2H])[2H].[2H]C([2H])([2H])Oc1cc2c(cc1OC)C1CC([2H])(OC(=O)[C@@]([2H])(N)C([2H])(C([2H])([2H])[2H])C([2H])([2H])[2H])C(C([2H])([2H])C([2H])(C)C([2H])([2H])[2H])CN1C([2H])([2H])C2([2H])[2H].[2H]C1(OC(=O)[C@@]([2H])(N)C([2H])(C([2H])([2H])[2H])C([2H])([2H])[2H])CC2c3cc(OC)c(OC)cc3C([2H])([2H])C([2H])([2H])N2CC1C([2H])([2H])C([2H])(C)C([2H])([2H])[2H].[2H]C12CC(OC(=O)[C@@]([2H])(N)C([2H])(C([2H])([2H])[2H])C([2H])([2H])[2H])C(C([2H])([2H])C([2H])(C)C([2H])([2H])[2H])CN1C([2H])([2H])C([2H])([2H])c1cc(OC)c(OC)cc12. The maximum absolute atomic E-state index is 13.7. The van der Waals surface area contributed by atoms with E-state index in [1.54, 1.807) is 0 Å². The van der Waals surface area contributed by atoms with Gasteiger partial charge in [-0.05, 0) is 191 Å². The van der Waals surface area contributed by atoms with Gasteiger partial charge < -0.3 is 79.8 Å². The molecule has 0 aromatic heterocycles. The Morgan fingerprint density at radius 2 is 0.633 bits per heavy atom. The molecule has 0 saturated carbocycles. The first-order valence-electron chi connectivity index (χ1n) is 77.1. The Morgan fingerprint density at radius 1 is 0.375 bits per heavy atom. The standard InChI is InChI=1S/4C24H38N2O4/c4*1-14(2)9-17-13-26-8-7-16-10-21(28-5)22(29-6)11-18(16)19(26)12-20(17)30-24(27)23(25)15(3)4/h4*10-11,14-15,17,19-20,23H,7-9,12-13,25H2,1-6H3/t4*17?,19?,20?,23-/m0000/s1/i1D3,3D3,4D3,5D3,7D2,8D2,9D2,14D,15D,20D,23D;1D3,3D3,4D3,5D3,7D2,8D2,9D2,14D,15D,19D,23D;1D3,3D3,4D3,7D2,8D2,9D2,14D,15D,20D,23D;1D3,3D3,4D3,7D2,8D2,9D2,14D,15D,19D,23D/t4*14?,17?,19?,20?,23-. The van der Waals surface area contributed by atoms with Gasteiger partial charge >= 0.3 is 23.9 Å². The number of methoxy groups -OCH3 is 8. The molecule has 672 valence electrons. The van der Waals surface area contributed by atoms with Crippen molar-refractivity contribution in [1.82, 2.24) is 19.6 Å². The second kappa shape index (κ2) is 43.9. The molecule has 120 heavy (non-hydrogen) atoms. The first kappa shape index (κ1) is 34.3. The smallest absolute Gasteiger partial charge is 0.323 e. The molecule has 0 aliphatic carbocycles. The van der Waals surface area contributed by atoms with Gasteiger partial charge in [0, 0.05) is 219 Å². The highest BCUT2D eigenvalue weighted by Crippen LogP contribution is 2.50. The third-order valence-electron chi connectivity index (χ3n) is 19.3. The number of fused-ring (bicyclic) bond motifs is 12. The molecular formula is C96H152N8O16. The van der Waals surface area contributed by atoms with Gasteiger partial charge in [-0.2, -0.15) is 0 Å². The molecule has 20 atom stereocenters. The summed E-state index contributed by atoms with van der Waals surface area (Å²) in [6.07, 6.45) is -41.2. The fourth-order valence-corrected chi connectivity index (χ4v) is 13.6. The molecule has 0 amide bonds. The highest BCUT2D eigenvalue weighted by molar-refractivity contribution is 5.77. The zero-order valence-electron chi connectivity index (χ0n) is 149. The highest BCUT2D eigenvalue weighted by Gasteiger charge is 2.47. The van der Waals surface area contributed by atoms with E-state index in [0.29, 0.717) is 42.4 Å². The summed E-state index contributed by atoms with van der Waals surface area (Å²) in [6.45, 7) is -60.2. The maximum atomic E-state index is 13.7. The molecule has 24 nitrogen and oxygen atoms in total. The van der Waals surface area contributed by atoms with Crippen LogP contribution >= 0.6 is 0 Å². The Hall–Kier alpha value is -7.16. The van der Waals surface area contributed by atoms with Crippen LogP contribution in [0.1, 0.15) is 342 Å². The van der Waals surface area contributed by atoms with Crippen molar-refractivity contribution >= 4 is 23.9 Å². The van der Waals surface area contributed by atoms with Gasteiger partial charge in [-0.15, -0.1) is 0 Å². The number of carbonyl (C=O) groups is 4. The number of piperidine rings is 4. The van der Waals surface area contributed by atoms with Gasteiger partial charge in [0.2, 0.25) is 0 Å². The van der Waals surface area contributed by atoms with Gasteiger partial charge in [-0.25, -0.2) is 0 Å². The molecule has 4 aromatic carbocycles. The number of hydrogen-bond acceptors (Lipinski definition) is 24. The van der Waals surface area contributed by atoms with Crippen LogP contribution in [-0.2, 0) is 63.6 Å². The fraction of sp³-hybridized carbons (Fsp3) is 0.708. The number of rotatable bonds is 28. The second-order valence-electron chi connectivity index (χ2n) is 27.3. The molecule has 8 N–H and O–H groups in total. The Labute approximate surface area is 833 Å². The Bertz CT molecular complexity index is 7720. The molecule has 4 aromatic rings. The third kappa shape index (κ3) is 23.8. The van der Waals surface area contributed by atoms with Crippen molar-refractivity contribution in [2.24, 2.45) is 93.8 Å². The van der Waals surface area contributed by atoms with Crippen molar-refractivity contribution in [2.75, 3.05) is 109 Å². The van der Waals surface area contributed by atoms with E-state index in [4.69, 9.17) is 187 Å². The normalized spacial score (nSPS) is 46.1. The number of carbonyl (C=O) groups excluding carboxylic acids is 4. The Balaban J connectivity index is 0.000000291. The van der Waals surface area contributed by atoms with Crippen molar-refractivity contribution in [3.63, 3.8) is 0 Å². The molecule has 4 fully saturated rings. The zero-order valence-corrected chi connectivity index (χ0v) is 66.5. The van der Waals surface area contributed by atoms with Gasteiger partial charge in [-0.3, -0.25) is 38.8 Å². The summed E-state index contributed by atoms with van der Waals surface area (Å²) < 4.78 is 738. The minimum absolute atomic E-state index is 0.00658. The topological polar surface area (TPSA) is 296 Å². The molecule has 0 bridgehead atoms. The van der Waals surface area contributed by atoms with Gasteiger partial charge in [0.15, 0.2) is 46.0 Å². The summed E-state index contributed by atoms with van der Waals surface area (Å²) >= 11 is 0. The average molecular weight is 1760 g/mol. The minimum Gasteiger partial charge on any atom is -0.493 e. The van der Waals surface area contributed by atoms with Crippen molar-refractivity contribution in [3.05, 3.63) is 93.0 Å². The lowest BCUT2D eigenvalue weighted by molar-refractivity contribution is -0.161. The first-order valence-corrected chi connectivity index (χ1v) is 36.1. The fourth-order valence-electron chi connectivity index (χ4n) is 13.6. The van der Waals surface area contributed by atoms with Crippen molar-refractivity contribution < 1.29 is 188 Å². The van der Waals surface area contributed by atoms with E-state index < -0.39 is 432 Å². The summed E-state index contributed by atoms with van der Waals surface area (Å²) in [4.78, 5) is 57.2. The van der Waals surface area contributed by atoms with Gasteiger partial charge in [0.05, 0.1) is 75.9 Å². The van der Waals surface area contributed by atoms with Crippen LogP contribution in [0.3, 0.4) is 0 Å². The molecule has 8 aliphatic rings. The lowest BCUT2D eigenvalue weighted by Crippen LogP contribution is -2.51. The van der Waals surface area contributed by atoms with Crippen LogP contribution in [0.15, 0.2) is 48.5 Å². The van der Waals surface area contributed by atoms with Crippen LogP contribution in [0.2, 0.25) is 0 Å². The van der Waals surface area contributed by atoms with Crippen molar-refractivity contribution in [3.8, 4) is 46.0 Å².